The standard InChI is InChI=1S/C17H26N2O2/c1-6-21-17(4,5)11-19-15(18-13(3)16(19)20)14-9-7-12(2)8-10-14/h7-10,13,15,18H,6,11H2,1-5H3. The lowest BCUT2D eigenvalue weighted by atomic mass is 10.1. The number of ether oxygens (including phenoxy) is 1. The molecule has 1 N–H and O–H groups in total. The summed E-state index contributed by atoms with van der Waals surface area (Å²) >= 11 is 0. The van der Waals surface area contributed by atoms with Gasteiger partial charge in [0, 0.05) is 6.61 Å². The van der Waals surface area contributed by atoms with Gasteiger partial charge in [-0.15, -0.1) is 0 Å². The number of hydrogen-bond acceptors (Lipinski definition) is 3. The van der Waals surface area contributed by atoms with Crippen LogP contribution in [0, 0.1) is 6.92 Å². The third-order valence-electron chi connectivity index (χ3n) is 3.85. The number of nitrogens with zero attached hydrogens (tertiary/aromatic N) is 1. The summed E-state index contributed by atoms with van der Waals surface area (Å²) in [5.41, 5.74) is 1.99. The van der Waals surface area contributed by atoms with Crippen LogP contribution in [0.3, 0.4) is 0 Å². The second-order valence-corrected chi connectivity index (χ2v) is 6.36. The number of carbonyl (C=O) groups excluding carboxylic acids is 1. The van der Waals surface area contributed by atoms with Crippen LogP contribution < -0.4 is 5.32 Å². The van der Waals surface area contributed by atoms with Crippen molar-refractivity contribution >= 4 is 5.91 Å². The fourth-order valence-electron chi connectivity index (χ4n) is 2.81. The summed E-state index contributed by atoms with van der Waals surface area (Å²) in [5, 5.41) is 3.37. The summed E-state index contributed by atoms with van der Waals surface area (Å²) in [6.07, 6.45) is -0.0761. The average Bonchev–Trinajstić information content (AvgIpc) is 2.67. The number of aryl methyl sites for hydroxylation is 1. The van der Waals surface area contributed by atoms with Crippen molar-refractivity contribution in [3.05, 3.63) is 35.4 Å². The zero-order chi connectivity index (χ0) is 15.6. The van der Waals surface area contributed by atoms with Gasteiger partial charge in [-0.3, -0.25) is 10.1 Å². The van der Waals surface area contributed by atoms with Crippen LogP contribution in [0.5, 0.6) is 0 Å². The average molecular weight is 290 g/mol. The number of rotatable bonds is 5. The number of benzene rings is 1. The molecule has 0 radical (unpaired) electrons. The minimum Gasteiger partial charge on any atom is -0.374 e. The topological polar surface area (TPSA) is 41.6 Å². The van der Waals surface area contributed by atoms with Crippen LogP contribution in [0.2, 0.25) is 0 Å². The van der Waals surface area contributed by atoms with E-state index < -0.39 is 0 Å². The van der Waals surface area contributed by atoms with E-state index in [1.54, 1.807) is 0 Å². The van der Waals surface area contributed by atoms with Crippen LogP contribution >= 0.6 is 0 Å². The molecule has 0 aromatic heterocycles. The SMILES string of the molecule is CCOC(C)(C)CN1C(=O)C(C)NC1c1ccc(C)cc1. The van der Waals surface area contributed by atoms with E-state index in [-0.39, 0.29) is 23.7 Å². The molecule has 2 atom stereocenters. The smallest absolute Gasteiger partial charge is 0.241 e. The zero-order valence-corrected chi connectivity index (χ0v) is 13.6. The second kappa shape index (κ2) is 6.16. The van der Waals surface area contributed by atoms with Crippen molar-refractivity contribution < 1.29 is 9.53 Å². The van der Waals surface area contributed by atoms with Crippen molar-refractivity contribution in [2.75, 3.05) is 13.2 Å². The van der Waals surface area contributed by atoms with Gasteiger partial charge in [0.25, 0.3) is 0 Å². The van der Waals surface area contributed by atoms with Gasteiger partial charge in [0.05, 0.1) is 18.2 Å². The Hall–Kier alpha value is -1.39. The molecule has 0 bridgehead atoms. The Morgan fingerprint density at radius 3 is 2.48 bits per heavy atom. The van der Waals surface area contributed by atoms with Gasteiger partial charge in [-0.25, -0.2) is 0 Å². The van der Waals surface area contributed by atoms with Crippen molar-refractivity contribution in [2.24, 2.45) is 0 Å². The highest BCUT2D eigenvalue weighted by Crippen LogP contribution is 2.28. The normalized spacial score (nSPS) is 22.9. The van der Waals surface area contributed by atoms with Crippen LogP contribution in [0.1, 0.15) is 45.0 Å². The number of carbonyl (C=O) groups is 1. The predicted octanol–water partition coefficient (Wildman–Crippen LogP) is 2.63. The molecule has 0 aliphatic carbocycles. The van der Waals surface area contributed by atoms with Crippen LogP contribution in [0.4, 0.5) is 0 Å². The summed E-state index contributed by atoms with van der Waals surface area (Å²) in [5.74, 6) is 0.133. The van der Waals surface area contributed by atoms with Crippen LogP contribution in [-0.2, 0) is 9.53 Å². The lowest BCUT2D eigenvalue weighted by molar-refractivity contribution is -0.134. The fraction of sp³-hybridized carbons (Fsp3) is 0.588. The molecule has 1 aromatic carbocycles. The molecule has 2 unspecified atom stereocenters. The molecule has 1 aliphatic heterocycles. The molecule has 1 heterocycles. The molecule has 1 fully saturated rings. The van der Waals surface area contributed by atoms with Gasteiger partial charge in [-0.2, -0.15) is 0 Å². The molecule has 0 saturated carbocycles. The molecular formula is C17H26N2O2. The largest absolute Gasteiger partial charge is 0.374 e. The monoisotopic (exact) mass is 290 g/mol. The maximum Gasteiger partial charge on any atom is 0.241 e. The molecule has 21 heavy (non-hydrogen) atoms. The van der Waals surface area contributed by atoms with E-state index in [0.717, 1.165) is 5.56 Å². The van der Waals surface area contributed by atoms with Crippen molar-refractivity contribution in [1.29, 1.82) is 0 Å². The lowest BCUT2D eigenvalue weighted by Crippen LogP contribution is -2.43. The molecule has 1 amide bonds. The summed E-state index contributed by atoms with van der Waals surface area (Å²) in [7, 11) is 0. The Balaban J connectivity index is 2.22. The van der Waals surface area contributed by atoms with Crippen molar-refractivity contribution in [3.63, 3.8) is 0 Å². The maximum absolute atomic E-state index is 12.4. The first-order chi connectivity index (χ1) is 9.84. The molecule has 1 aliphatic rings. The summed E-state index contributed by atoms with van der Waals surface area (Å²) in [6.45, 7) is 11.2. The Kier molecular flexibility index (Phi) is 4.69. The summed E-state index contributed by atoms with van der Waals surface area (Å²) in [6, 6.07) is 8.17. The molecule has 1 saturated heterocycles. The van der Waals surface area contributed by atoms with Crippen LogP contribution in [-0.4, -0.2) is 35.6 Å². The van der Waals surface area contributed by atoms with Gasteiger partial charge in [0.1, 0.15) is 6.17 Å². The van der Waals surface area contributed by atoms with E-state index in [1.165, 1.54) is 5.56 Å². The van der Waals surface area contributed by atoms with E-state index in [9.17, 15) is 4.79 Å². The van der Waals surface area contributed by atoms with Gasteiger partial charge in [-0.05, 0) is 40.2 Å². The first-order valence-electron chi connectivity index (χ1n) is 7.61. The Morgan fingerprint density at radius 1 is 1.29 bits per heavy atom. The van der Waals surface area contributed by atoms with Crippen molar-refractivity contribution in [2.45, 2.75) is 52.4 Å². The minimum atomic E-state index is -0.348. The Labute approximate surface area is 127 Å². The summed E-state index contributed by atoms with van der Waals surface area (Å²) < 4.78 is 5.76. The molecule has 4 nitrogen and oxygen atoms in total. The number of nitrogens with one attached hydrogen (secondary N) is 1. The highest BCUT2D eigenvalue weighted by atomic mass is 16.5. The van der Waals surface area contributed by atoms with E-state index in [0.29, 0.717) is 13.2 Å². The second-order valence-electron chi connectivity index (χ2n) is 6.36. The fourth-order valence-corrected chi connectivity index (χ4v) is 2.81. The predicted molar refractivity (Wildman–Crippen MR) is 83.9 cm³/mol. The van der Waals surface area contributed by atoms with Crippen LogP contribution in [0.25, 0.3) is 0 Å². The minimum absolute atomic E-state index is 0.0761. The van der Waals surface area contributed by atoms with E-state index in [1.807, 2.05) is 32.6 Å². The zero-order valence-electron chi connectivity index (χ0n) is 13.6. The number of amides is 1. The molecule has 2 rings (SSSR count). The third kappa shape index (κ3) is 3.63. The summed E-state index contributed by atoms with van der Waals surface area (Å²) in [4.78, 5) is 14.3. The van der Waals surface area contributed by atoms with Crippen molar-refractivity contribution in [1.82, 2.24) is 10.2 Å². The Morgan fingerprint density at radius 2 is 1.90 bits per heavy atom. The molecular weight excluding hydrogens is 264 g/mol. The van der Waals surface area contributed by atoms with E-state index in [4.69, 9.17) is 4.74 Å². The van der Waals surface area contributed by atoms with Gasteiger partial charge in [0.15, 0.2) is 0 Å². The molecule has 0 spiro atoms. The molecule has 116 valence electrons. The van der Waals surface area contributed by atoms with E-state index in [2.05, 4.69) is 36.5 Å². The Bertz CT molecular complexity index is 496. The quantitative estimate of drug-likeness (QED) is 0.906. The maximum atomic E-state index is 12.4. The highest BCUT2D eigenvalue weighted by molar-refractivity contribution is 5.84. The first-order valence-corrected chi connectivity index (χ1v) is 7.61. The van der Waals surface area contributed by atoms with Crippen LogP contribution in [0.15, 0.2) is 24.3 Å². The first kappa shape index (κ1) is 16.0. The van der Waals surface area contributed by atoms with Gasteiger partial charge >= 0.3 is 0 Å². The number of hydrogen-bond donors (Lipinski definition) is 1. The third-order valence-corrected chi connectivity index (χ3v) is 3.85. The molecule has 1 aromatic rings. The van der Waals surface area contributed by atoms with E-state index >= 15 is 0 Å². The highest BCUT2D eigenvalue weighted by Gasteiger charge is 2.39. The lowest BCUT2D eigenvalue weighted by Gasteiger charge is -2.33. The van der Waals surface area contributed by atoms with Gasteiger partial charge in [-0.1, -0.05) is 29.8 Å². The van der Waals surface area contributed by atoms with Crippen molar-refractivity contribution in [3.8, 4) is 0 Å². The van der Waals surface area contributed by atoms with Gasteiger partial charge in [0.2, 0.25) is 5.91 Å². The van der Waals surface area contributed by atoms with Gasteiger partial charge < -0.3 is 9.64 Å². The molecule has 4 heteroatoms.